The molecule has 3 aromatic rings. The lowest BCUT2D eigenvalue weighted by Crippen LogP contribution is -2.35. The van der Waals surface area contributed by atoms with Gasteiger partial charge in [0.2, 0.25) is 11.8 Å². The number of fused-ring (bicyclic) bond motifs is 1. The van der Waals surface area contributed by atoms with E-state index >= 15 is 0 Å². The first-order valence-electron chi connectivity index (χ1n) is 10.0. The Kier molecular flexibility index (Phi) is 5.48. The third-order valence-electron chi connectivity index (χ3n) is 5.00. The highest BCUT2D eigenvalue weighted by molar-refractivity contribution is 5.78. The number of benzene rings is 1. The van der Waals surface area contributed by atoms with Gasteiger partial charge in [-0.05, 0) is 62.8 Å². The largest absolute Gasteiger partial charge is 0.493 e. The number of hydrogen-bond acceptors (Lipinski definition) is 6. The Morgan fingerprint density at radius 2 is 2.00 bits per heavy atom. The molecule has 2 N–H and O–H groups in total. The first kappa shape index (κ1) is 20.0. The summed E-state index contributed by atoms with van der Waals surface area (Å²) in [4.78, 5) is 19.5. The summed E-state index contributed by atoms with van der Waals surface area (Å²) in [6.45, 7) is 6.68. The number of rotatable bonds is 8. The third-order valence-corrected chi connectivity index (χ3v) is 5.00. The van der Waals surface area contributed by atoms with Gasteiger partial charge in [-0.2, -0.15) is 0 Å². The average Bonchev–Trinajstić information content (AvgIpc) is 3.41. The molecule has 1 aliphatic rings. The Morgan fingerprint density at radius 3 is 2.67 bits per heavy atom. The van der Waals surface area contributed by atoms with Gasteiger partial charge >= 0.3 is 6.09 Å². The summed E-state index contributed by atoms with van der Waals surface area (Å²) in [7, 11) is 0. The molecule has 30 heavy (non-hydrogen) atoms. The summed E-state index contributed by atoms with van der Waals surface area (Å²) in [5, 5.41) is 11.1. The van der Waals surface area contributed by atoms with E-state index in [4.69, 9.17) is 19.0 Å². The van der Waals surface area contributed by atoms with Crippen molar-refractivity contribution in [2.24, 2.45) is 5.92 Å². The van der Waals surface area contributed by atoms with Crippen LogP contribution in [0.25, 0.3) is 22.6 Å². The molecule has 2 aromatic heterocycles. The van der Waals surface area contributed by atoms with Crippen LogP contribution in [-0.4, -0.2) is 40.4 Å². The Morgan fingerprint density at radius 1 is 1.27 bits per heavy atom. The maximum atomic E-state index is 10.7. The summed E-state index contributed by atoms with van der Waals surface area (Å²) >= 11 is 0. The first-order chi connectivity index (χ1) is 14.4. The summed E-state index contributed by atoms with van der Waals surface area (Å²) in [5.74, 6) is 2.45. The van der Waals surface area contributed by atoms with Crippen molar-refractivity contribution in [3.05, 3.63) is 35.5 Å². The highest BCUT2D eigenvalue weighted by Crippen LogP contribution is 2.34. The number of oxazole rings is 1. The van der Waals surface area contributed by atoms with Gasteiger partial charge in [0.05, 0.1) is 18.8 Å². The fourth-order valence-corrected chi connectivity index (χ4v) is 3.31. The van der Waals surface area contributed by atoms with Crippen LogP contribution < -0.4 is 14.8 Å². The Labute approximate surface area is 174 Å². The predicted octanol–water partition coefficient (Wildman–Crippen LogP) is 4.33. The maximum absolute atomic E-state index is 10.7. The molecule has 0 radical (unpaired) electrons. The van der Waals surface area contributed by atoms with Crippen LogP contribution in [0.15, 0.2) is 28.8 Å². The minimum Gasteiger partial charge on any atom is -0.493 e. The summed E-state index contributed by atoms with van der Waals surface area (Å²) in [6.07, 6.45) is 3.01. The number of nitrogens with one attached hydrogen (secondary N) is 1. The molecule has 0 aliphatic heterocycles. The molecule has 158 valence electrons. The second kappa shape index (κ2) is 8.22. The lowest BCUT2D eigenvalue weighted by molar-refractivity contribution is 0.182. The molecule has 0 bridgehead atoms. The second-order valence-electron chi connectivity index (χ2n) is 7.86. The Hall–Kier alpha value is -3.29. The molecule has 0 spiro atoms. The zero-order valence-electron chi connectivity index (χ0n) is 17.3. The molecule has 1 atom stereocenters. The molecular formula is C22H25N3O5. The summed E-state index contributed by atoms with van der Waals surface area (Å²) < 4.78 is 17.5. The van der Waals surface area contributed by atoms with Gasteiger partial charge in [-0.1, -0.05) is 0 Å². The third kappa shape index (κ3) is 4.64. The number of hydrogen-bond donors (Lipinski definition) is 2. The fourth-order valence-electron chi connectivity index (χ4n) is 3.31. The fraction of sp³-hybridized carbons (Fsp3) is 0.409. The van der Waals surface area contributed by atoms with Crippen molar-refractivity contribution in [2.75, 3.05) is 13.2 Å². The Bertz CT molecular complexity index is 1050. The topological polar surface area (TPSA) is 107 Å². The number of ether oxygens (including phenoxy) is 2. The van der Waals surface area contributed by atoms with E-state index in [1.54, 1.807) is 19.2 Å². The minimum atomic E-state index is -1.09. The molecule has 1 aliphatic carbocycles. The van der Waals surface area contributed by atoms with Gasteiger partial charge in [0.1, 0.15) is 17.9 Å². The monoisotopic (exact) mass is 411 g/mol. The van der Waals surface area contributed by atoms with E-state index in [2.05, 4.69) is 15.3 Å². The molecule has 4 rings (SSSR count). The van der Waals surface area contributed by atoms with E-state index in [9.17, 15) is 4.79 Å². The number of amides is 1. The SMILES string of the molecule is Cc1cc(OCC2CC2)cc(C)c1-c1nc2cnc(OC[C@H](C)NC(=O)O)cc2o1. The van der Waals surface area contributed by atoms with Crippen LogP contribution in [0.1, 0.15) is 30.9 Å². The van der Waals surface area contributed by atoms with Gasteiger partial charge in [-0.15, -0.1) is 0 Å². The molecule has 1 saturated carbocycles. The molecule has 0 saturated heterocycles. The standard InChI is InChI=1S/C22H25N3O5/c1-12-6-16(28-11-15-4-5-15)7-13(2)20(12)21-25-17-9-23-19(8-18(17)30-21)29-10-14(3)24-22(26)27/h6-9,14-15,24H,4-5,10-11H2,1-3H3,(H,26,27)/t14-/m0/s1. The van der Waals surface area contributed by atoms with Crippen molar-refractivity contribution in [3.63, 3.8) is 0 Å². The van der Waals surface area contributed by atoms with E-state index in [0.717, 1.165) is 29.0 Å². The second-order valence-corrected chi connectivity index (χ2v) is 7.86. The molecule has 1 amide bonds. The molecule has 2 heterocycles. The van der Waals surface area contributed by atoms with Gasteiger partial charge in [-0.25, -0.2) is 14.8 Å². The van der Waals surface area contributed by atoms with Crippen LogP contribution in [0.2, 0.25) is 0 Å². The normalized spacial score (nSPS) is 14.5. The van der Waals surface area contributed by atoms with Gasteiger partial charge in [-0.3, -0.25) is 0 Å². The summed E-state index contributed by atoms with van der Waals surface area (Å²) in [5.41, 5.74) is 4.19. The number of pyridine rings is 1. The molecule has 1 aromatic carbocycles. The van der Waals surface area contributed by atoms with Crippen LogP contribution in [0.4, 0.5) is 4.79 Å². The van der Waals surface area contributed by atoms with Gasteiger partial charge < -0.3 is 24.3 Å². The molecule has 8 nitrogen and oxygen atoms in total. The number of aryl methyl sites for hydroxylation is 2. The van der Waals surface area contributed by atoms with Crippen molar-refractivity contribution < 1.29 is 23.8 Å². The quantitative estimate of drug-likeness (QED) is 0.568. The van der Waals surface area contributed by atoms with E-state index in [-0.39, 0.29) is 12.6 Å². The van der Waals surface area contributed by atoms with Crippen molar-refractivity contribution >= 4 is 17.2 Å². The predicted molar refractivity (Wildman–Crippen MR) is 111 cm³/mol. The van der Waals surface area contributed by atoms with Crippen LogP contribution in [0.5, 0.6) is 11.6 Å². The van der Waals surface area contributed by atoms with Gasteiger partial charge in [0, 0.05) is 11.6 Å². The van der Waals surface area contributed by atoms with Gasteiger partial charge in [0.15, 0.2) is 5.58 Å². The highest BCUT2D eigenvalue weighted by atomic mass is 16.5. The van der Waals surface area contributed by atoms with Crippen molar-refractivity contribution in [3.8, 4) is 23.1 Å². The van der Waals surface area contributed by atoms with Crippen LogP contribution in [0, 0.1) is 19.8 Å². The lowest BCUT2D eigenvalue weighted by atomic mass is 10.0. The van der Waals surface area contributed by atoms with Gasteiger partial charge in [0.25, 0.3) is 0 Å². The van der Waals surface area contributed by atoms with E-state index in [0.29, 0.717) is 28.8 Å². The lowest BCUT2D eigenvalue weighted by Gasteiger charge is -2.11. The summed E-state index contributed by atoms with van der Waals surface area (Å²) in [6, 6.07) is 5.33. The van der Waals surface area contributed by atoms with Crippen molar-refractivity contribution in [1.29, 1.82) is 0 Å². The van der Waals surface area contributed by atoms with Crippen LogP contribution in [-0.2, 0) is 0 Å². The smallest absolute Gasteiger partial charge is 0.404 e. The average molecular weight is 411 g/mol. The minimum absolute atomic E-state index is 0.159. The number of carbonyl (C=O) groups is 1. The number of carboxylic acid groups (broad SMARTS) is 1. The highest BCUT2D eigenvalue weighted by Gasteiger charge is 2.22. The van der Waals surface area contributed by atoms with Crippen LogP contribution in [0.3, 0.4) is 0 Å². The molecule has 8 heteroatoms. The van der Waals surface area contributed by atoms with E-state index in [1.165, 1.54) is 12.8 Å². The van der Waals surface area contributed by atoms with Crippen LogP contribution >= 0.6 is 0 Å². The zero-order valence-corrected chi connectivity index (χ0v) is 17.3. The van der Waals surface area contributed by atoms with Crippen molar-refractivity contribution in [1.82, 2.24) is 15.3 Å². The maximum Gasteiger partial charge on any atom is 0.404 e. The molecular weight excluding hydrogens is 386 g/mol. The number of aromatic nitrogens is 2. The van der Waals surface area contributed by atoms with E-state index < -0.39 is 6.09 Å². The first-order valence-corrected chi connectivity index (χ1v) is 10.0. The Balaban J connectivity index is 1.52. The number of nitrogens with zero attached hydrogens (tertiary/aromatic N) is 2. The van der Waals surface area contributed by atoms with Crippen molar-refractivity contribution in [2.45, 2.75) is 39.7 Å². The molecule has 0 unspecified atom stereocenters. The zero-order chi connectivity index (χ0) is 21.3. The molecule has 1 fully saturated rings. The van der Waals surface area contributed by atoms with E-state index in [1.807, 2.05) is 26.0 Å².